The van der Waals surface area contributed by atoms with Crippen LogP contribution in [0.15, 0.2) is 10.6 Å². The van der Waals surface area contributed by atoms with Crippen LogP contribution in [-0.4, -0.2) is 53.4 Å². The Kier molecular flexibility index (Phi) is 5.14. The first-order valence-corrected chi connectivity index (χ1v) is 7.16. The van der Waals surface area contributed by atoms with Crippen molar-refractivity contribution in [3.8, 4) is 0 Å². The minimum absolute atomic E-state index is 0.233. The summed E-state index contributed by atoms with van der Waals surface area (Å²) in [4.78, 5) is 14.0. The van der Waals surface area contributed by atoms with Gasteiger partial charge in [0, 0.05) is 19.2 Å². The Morgan fingerprint density at radius 2 is 2.30 bits per heavy atom. The number of rotatable bonds is 5. The third-order valence-electron chi connectivity index (χ3n) is 3.70. The molecule has 112 valence electrons. The predicted octanol–water partition coefficient (Wildman–Crippen LogP) is 0.806. The van der Waals surface area contributed by atoms with Crippen LogP contribution in [0.5, 0.6) is 0 Å². The summed E-state index contributed by atoms with van der Waals surface area (Å²) in [5.74, 6) is 1.06. The van der Waals surface area contributed by atoms with Gasteiger partial charge in [0.25, 0.3) is 5.91 Å². The summed E-state index contributed by atoms with van der Waals surface area (Å²) in [7, 11) is 0. The number of aromatic nitrogens is 1. The summed E-state index contributed by atoms with van der Waals surface area (Å²) in [6.45, 7) is 6.87. The molecule has 0 bridgehead atoms. The maximum Gasteiger partial charge on any atom is 0.273 e. The van der Waals surface area contributed by atoms with E-state index in [2.05, 4.69) is 22.3 Å². The number of aliphatic hydroxyl groups excluding tert-OH is 1. The Morgan fingerprint density at radius 1 is 1.60 bits per heavy atom. The zero-order valence-electron chi connectivity index (χ0n) is 12.1. The number of β-amino-alcohol motifs (C(OH)–C–C–N with tert-alkyl or cyclic N) is 1. The Labute approximate surface area is 119 Å². The van der Waals surface area contributed by atoms with Crippen LogP contribution in [0.25, 0.3) is 0 Å². The first-order chi connectivity index (χ1) is 9.54. The van der Waals surface area contributed by atoms with Crippen LogP contribution in [0.4, 0.5) is 0 Å². The van der Waals surface area contributed by atoms with Gasteiger partial charge in [0.1, 0.15) is 5.76 Å². The summed E-state index contributed by atoms with van der Waals surface area (Å²) in [6.07, 6.45) is 1.80. The van der Waals surface area contributed by atoms with Gasteiger partial charge in [0.05, 0.1) is 6.10 Å². The maximum atomic E-state index is 11.7. The lowest BCUT2D eigenvalue weighted by Crippen LogP contribution is -2.43. The molecule has 6 heteroatoms. The SMILES string of the molecule is Cc1cc(C(=O)NCC(O)CN2CCC(C)CC2)no1. The van der Waals surface area contributed by atoms with Gasteiger partial charge >= 0.3 is 0 Å². The molecule has 6 nitrogen and oxygen atoms in total. The first kappa shape index (κ1) is 15.0. The molecule has 2 N–H and O–H groups in total. The zero-order chi connectivity index (χ0) is 14.5. The van der Waals surface area contributed by atoms with Crippen molar-refractivity contribution in [2.45, 2.75) is 32.8 Å². The number of carbonyl (C=O) groups is 1. The van der Waals surface area contributed by atoms with E-state index in [-0.39, 0.29) is 18.1 Å². The largest absolute Gasteiger partial charge is 0.390 e. The molecule has 1 atom stereocenters. The van der Waals surface area contributed by atoms with Crippen molar-refractivity contribution in [1.29, 1.82) is 0 Å². The highest BCUT2D eigenvalue weighted by Crippen LogP contribution is 2.15. The molecule has 1 fully saturated rings. The summed E-state index contributed by atoms with van der Waals surface area (Å²) in [5.41, 5.74) is 0.251. The van der Waals surface area contributed by atoms with Gasteiger partial charge in [-0.2, -0.15) is 0 Å². The molecule has 1 unspecified atom stereocenters. The first-order valence-electron chi connectivity index (χ1n) is 7.16. The number of nitrogens with zero attached hydrogens (tertiary/aromatic N) is 2. The third kappa shape index (κ3) is 4.31. The minimum atomic E-state index is -0.555. The van der Waals surface area contributed by atoms with Crippen LogP contribution in [0.3, 0.4) is 0 Å². The molecule has 2 heterocycles. The number of likely N-dealkylation sites (tertiary alicyclic amines) is 1. The van der Waals surface area contributed by atoms with Crippen LogP contribution in [-0.2, 0) is 0 Å². The predicted molar refractivity (Wildman–Crippen MR) is 74.4 cm³/mol. The molecular weight excluding hydrogens is 258 g/mol. The van der Waals surface area contributed by atoms with Crippen molar-refractivity contribution in [2.75, 3.05) is 26.2 Å². The van der Waals surface area contributed by atoms with E-state index >= 15 is 0 Å². The monoisotopic (exact) mass is 281 g/mol. The minimum Gasteiger partial charge on any atom is -0.390 e. The van der Waals surface area contributed by atoms with E-state index in [1.807, 2.05) is 0 Å². The molecule has 1 aromatic rings. The van der Waals surface area contributed by atoms with E-state index in [0.29, 0.717) is 12.3 Å². The third-order valence-corrected chi connectivity index (χ3v) is 3.70. The zero-order valence-corrected chi connectivity index (χ0v) is 12.1. The van der Waals surface area contributed by atoms with Gasteiger partial charge < -0.3 is 19.8 Å². The number of carbonyl (C=O) groups excluding carboxylic acids is 1. The van der Waals surface area contributed by atoms with Crippen molar-refractivity contribution in [1.82, 2.24) is 15.4 Å². The van der Waals surface area contributed by atoms with Crippen molar-refractivity contribution in [3.63, 3.8) is 0 Å². The van der Waals surface area contributed by atoms with Crippen LogP contribution in [0, 0.1) is 12.8 Å². The highest BCUT2D eigenvalue weighted by molar-refractivity contribution is 5.92. The topological polar surface area (TPSA) is 78.6 Å². The van der Waals surface area contributed by atoms with Gasteiger partial charge in [-0.15, -0.1) is 0 Å². The lowest BCUT2D eigenvalue weighted by molar-refractivity contribution is 0.0790. The molecule has 0 aromatic carbocycles. The number of nitrogens with one attached hydrogen (secondary N) is 1. The second-order valence-corrected chi connectivity index (χ2v) is 5.67. The molecule has 1 aliphatic rings. The van der Waals surface area contributed by atoms with Gasteiger partial charge in [0.2, 0.25) is 0 Å². The summed E-state index contributed by atoms with van der Waals surface area (Å²) in [5, 5.41) is 16.3. The molecule has 1 aliphatic heterocycles. The quantitative estimate of drug-likeness (QED) is 0.835. The van der Waals surface area contributed by atoms with Crippen molar-refractivity contribution >= 4 is 5.91 Å². The maximum absolute atomic E-state index is 11.7. The second kappa shape index (κ2) is 6.85. The van der Waals surface area contributed by atoms with E-state index in [1.54, 1.807) is 13.0 Å². The Bertz CT molecular complexity index is 439. The van der Waals surface area contributed by atoms with E-state index in [4.69, 9.17) is 4.52 Å². The van der Waals surface area contributed by atoms with Gasteiger partial charge in [-0.25, -0.2) is 0 Å². The Morgan fingerprint density at radius 3 is 2.90 bits per heavy atom. The number of hydrogen-bond donors (Lipinski definition) is 2. The highest BCUT2D eigenvalue weighted by Gasteiger charge is 2.19. The van der Waals surface area contributed by atoms with E-state index in [0.717, 1.165) is 19.0 Å². The molecule has 1 saturated heterocycles. The molecule has 2 rings (SSSR count). The van der Waals surface area contributed by atoms with Crippen LogP contribution < -0.4 is 5.32 Å². The summed E-state index contributed by atoms with van der Waals surface area (Å²) in [6, 6.07) is 1.58. The van der Waals surface area contributed by atoms with Crippen LogP contribution in [0.1, 0.15) is 36.0 Å². The highest BCUT2D eigenvalue weighted by atomic mass is 16.5. The summed E-state index contributed by atoms with van der Waals surface area (Å²) < 4.78 is 4.84. The molecule has 1 aromatic heterocycles. The molecule has 0 aliphatic carbocycles. The van der Waals surface area contributed by atoms with Crippen molar-refractivity contribution < 1.29 is 14.4 Å². The van der Waals surface area contributed by atoms with Crippen molar-refractivity contribution in [3.05, 3.63) is 17.5 Å². The van der Waals surface area contributed by atoms with Gasteiger partial charge in [0.15, 0.2) is 5.69 Å². The number of amides is 1. The lowest BCUT2D eigenvalue weighted by Gasteiger charge is -2.31. The van der Waals surface area contributed by atoms with E-state index in [1.165, 1.54) is 12.8 Å². The Balaban J connectivity index is 1.69. The van der Waals surface area contributed by atoms with E-state index in [9.17, 15) is 9.90 Å². The average Bonchev–Trinajstić information content (AvgIpc) is 2.85. The second-order valence-electron chi connectivity index (χ2n) is 5.67. The summed E-state index contributed by atoms with van der Waals surface area (Å²) >= 11 is 0. The number of aliphatic hydroxyl groups is 1. The average molecular weight is 281 g/mol. The molecule has 20 heavy (non-hydrogen) atoms. The number of hydrogen-bond acceptors (Lipinski definition) is 5. The van der Waals surface area contributed by atoms with Gasteiger partial charge in [-0.1, -0.05) is 12.1 Å². The molecule has 0 spiro atoms. The smallest absolute Gasteiger partial charge is 0.273 e. The van der Waals surface area contributed by atoms with E-state index < -0.39 is 6.10 Å². The fraction of sp³-hybridized carbons (Fsp3) is 0.714. The van der Waals surface area contributed by atoms with Crippen molar-refractivity contribution in [2.24, 2.45) is 5.92 Å². The lowest BCUT2D eigenvalue weighted by atomic mass is 9.99. The number of aryl methyl sites for hydroxylation is 1. The normalized spacial score (nSPS) is 18.9. The van der Waals surface area contributed by atoms with Crippen LogP contribution >= 0.6 is 0 Å². The number of piperidine rings is 1. The molecular formula is C14H23N3O3. The van der Waals surface area contributed by atoms with Crippen LogP contribution in [0.2, 0.25) is 0 Å². The molecule has 0 saturated carbocycles. The standard InChI is InChI=1S/C14H23N3O3/c1-10-3-5-17(6-4-10)9-12(18)8-15-14(19)13-7-11(2)20-16-13/h7,10,12,18H,3-6,8-9H2,1-2H3,(H,15,19). The fourth-order valence-electron chi connectivity index (χ4n) is 2.38. The van der Waals surface area contributed by atoms with Gasteiger partial charge in [-0.05, 0) is 38.8 Å². The Hall–Kier alpha value is -1.40. The fourth-order valence-corrected chi connectivity index (χ4v) is 2.38. The molecule has 0 radical (unpaired) electrons. The molecule has 1 amide bonds. The van der Waals surface area contributed by atoms with Gasteiger partial charge in [-0.3, -0.25) is 4.79 Å².